The van der Waals surface area contributed by atoms with Gasteiger partial charge in [0.25, 0.3) is 16.0 Å². The number of carbonyl (C=O) groups excluding carboxylic acids is 1. The highest BCUT2D eigenvalue weighted by atomic mass is 32.2. The number of thioether (sulfide) groups is 2. The van der Waals surface area contributed by atoms with Gasteiger partial charge in [-0.1, -0.05) is 24.0 Å². The van der Waals surface area contributed by atoms with Gasteiger partial charge in [0.1, 0.15) is 4.32 Å². The van der Waals surface area contributed by atoms with E-state index in [1.807, 2.05) is 20.0 Å². The van der Waals surface area contributed by atoms with Gasteiger partial charge in [0.15, 0.2) is 0 Å². The maximum atomic E-state index is 12.4. The summed E-state index contributed by atoms with van der Waals surface area (Å²) in [6, 6.07) is 0. The number of rotatable bonds is 4. The fourth-order valence-corrected chi connectivity index (χ4v) is 4.81. The summed E-state index contributed by atoms with van der Waals surface area (Å²) < 4.78 is 30.8. The van der Waals surface area contributed by atoms with Crippen LogP contribution in [0.1, 0.15) is 6.92 Å². The second-order valence-electron chi connectivity index (χ2n) is 4.88. The smallest absolute Gasteiger partial charge is 0.266 e. The zero-order valence-corrected chi connectivity index (χ0v) is 15.4. The normalized spacial score (nSPS) is 23.9. The van der Waals surface area contributed by atoms with Crippen LogP contribution in [0.3, 0.4) is 0 Å². The Labute approximate surface area is 143 Å². The molecular weight excluding hydrogens is 364 g/mol. The number of hydrogen-bond donors (Lipinski definition) is 1. The molecular formula is C12H16N2O4S4. The third-order valence-electron chi connectivity index (χ3n) is 3.17. The van der Waals surface area contributed by atoms with Gasteiger partial charge >= 0.3 is 0 Å². The molecule has 2 aliphatic rings. The van der Waals surface area contributed by atoms with Gasteiger partial charge in [0.2, 0.25) is 0 Å². The second-order valence-corrected chi connectivity index (χ2v) is 9.21. The van der Waals surface area contributed by atoms with Crippen LogP contribution in [-0.4, -0.2) is 64.6 Å². The highest BCUT2D eigenvalue weighted by molar-refractivity contribution is 8.26. The average molecular weight is 381 g/mol. The Bertz CT molecular complexity index is 669. The van der Waals surface area contributed by atoms with Crippen molar-refractivity contribution in [3.05, 3.63) is 21.6 Å². The van der Waals surface area contributed by atoms with E-state index in [1.54, 1.807) is 11.8 Å². The molecule has 0 aromatic heterocycles. The lowest BCUT2D eigenvalue weighted by Crippen LogP contribution is -2.32. The van der Waals surface area contributed by atoms with Gasteiger partial charge in [-0.2, -0.15) is 8.42 Å². The zero-order chi connectivity index (χ0) is 16.5. The Hall–Kier alpha value is -0.550. The molecule has 6 nitrogen and oxygen atoms in total. The third kappa shape index (κ3) is 4.25. The molecule has 122 valence electrons. The molecule has 22 heavy (non-hydrogen) atoms. The standard InChI is InChI=1S/C12H16N2O4S4/c1-8(7-9-13(2)3-5-20-9)10-11(15)14(12(19)21-10)4-6-22(16,17)18/h7H,3-6H2,1-2H3,(H,16,17,18)/b9-7+,10-8+. The molecule has 0 radical (unpaired) electrons. The number of hydrogen-bond acceptors (Lipinski definition) is 7. The SMILES string of the molecule is CC(/C=C1/SCCN1C)=C1\SC(=S)N(CCS(=O)(=O)O)C1=O. The summed E-state index contributed by atoms with van der Waals surface area (Å²) in [7, 11) is -2.13. The minimum Gasteiger partial charge on any atom is -0.369 e. The highest BCUT2D eigenvalue weighted by Gasteiger charge is 2.33. The topological polar surface area (TPSA) is 77.9 Å². The van der Waals surface area contributed by atoms with Gasteiger partial charge in [0.05, 0.1) is 15.7 Å². The van der Waals surface area contributed by atoms with Crippen molar-refractivity contribution in [2.24, 2.45) is 0 Å². The lowest BCUT2D eigenvalue weighted by molar-refractivity contribution is -0.122. The van der Waals surface area contributed by atoms with Crippen LogP contribution in [-0.2, 0) is 14.9 Å². The lowest BCUT2D eigenvalue weighted by Gasteiger charge is -2.13. The minimum atomic E-state index is -4.12. The summed E-state index contributed by atoms with van der Waals surface area (Å²) in [6.07, 6.45) is 1.95. The van der Waals surface area contributed by atoms with Crippen LogP contribution >= 0.6 is 35.7 Å². The van der Waals surface area contributed by atoms with Crippen molar-refractivity contribution in [2.75, 3.05) is 31.6 Å². The van der Waals surface area contributed by atoms with E-state index in [0.717, 1.165) is 34.7 Å². The zero-order valence-electron chi connectivity index (χ0n) is 12.1. The third-order valence-corrected chi connectivity index (χ3v) is 6.55. The van der Waals surface area contributed by atoms with Crippen LogP contribution in [0.5, 0.6) is 0 Å². The van der Waals surface area contributed by atoms with Gasteiger partial charge in [-0.3, -0.25) is 14.2 Å². The van der Waals surface area contributed by atoms with Crippen LogP contribution in [0, 0.1) is 0 Å². The quantitative estimate of drug-likeness (QED) is 0.447. The van der Waals surface area contributed by atoms with Crippen LogP contribution in [0.25, 0.3) is 0 Å². The monoisotopic (exact) mass is 380 g/mol. The van der Waals surface area contributed by atoms with Crippen molar-refractivity contribution in [1.29, 1.82) is 0 Å². The Morgan fingerprint density at radius 2 is 2.18 bits per heavy atom. The van der Waals surface area contributed by atoms with Crippen LogP contribution in [0.4, 0.5) is 0 Å². The van der Waals surface area contributed by atoms with E-state index in [0.29, 0.717) is 9.23 Å². The summed E-state index contributed by atoms with van der Waals surface area (Å²) in [5.41, 5.74) is 0.808. The highest BCUT2D eigenvalue weighted by Crippen LogP contribution is 2.35. The van der Waals surface area contributed by atoms with Crippen LogP contribution < -0.4 is 0 Å². The maximum Gasteiger partial charge on any atom is 0.266 e. The number of nitrogens with zero attached hydrogens (tertiary/aromatic N) is 2. The first-order valence-electron chi connectivity index (χ1n) is 6.44. The first-order chi connectivity index (χ1) is 10.2. The van der Waals surface area contributed by atoms with Crippen molar-refractivity contribution in [2.45, 2.75) is 6.92 Å². The summed E-state index contributed by atoms with van der Waals surface area (Å²) in [6.45, 7) is 2.68. The molecule has 0 spiro atoms. The molecule has 2 saturated heterocycles. The lowest BCUT2D eigenvalue weighted by atomic mass is 10.2. The maximum absolute atomic E-state index is 12.4. The second kappa shape index (κ2) is 6.91. The van der Waals surface area contributed by atoms with Gasteiger partial charge in [-0.05, 0) is 18.6 Å². The molecule has 0 aliphatic carbocycles. The van der Waals surface area contributed by atoms with Crippen molar-refractivity contribution >= 4 is 56.1 Å². The van der Waals surface area contributed by atoms with Crippen LogP contribution in [0.15, 0.2) is 21.6 Å². The molecule has 0 aromatic rings. The van der Waals surface area contributed by atoms with E-state index in [9.17, 15) is 13.2 Å². The molecule has 0 unspecified atom stereocenters. The van der Waals surface area contributed by atoms with E-state index in [2.05, 4.69) is 4.90 Å². The first-order valence-corrected chi connectivity index (χ1v) is 10.3. The number of allylic oxidation sites excluding steroid dienone is 2. The average Bonchev–Trinajstić information content (AvgIpc) is 2.91. The Balaban J connectivity index is 2.18. The molecule has 1 N–H and O–H groups in total. The van der Waals surface area contributed by atoms with Crippen molar-refractivity contribution in [1.82, 2.24) is 9.80 Å². The Morgan fingerprint density at radius 3 is 2.73 bits per heavy atom. The van der Waals surface area contributed by atoms with Crippen molar-refractivity contribution in [3.63, 3.8) is 0 Å². The molecule has 2 aliphatic heterocycles. The molecule has 10 heteroatoms. The van der Waals surface area contributed by atoms with Crippen molar-refractivity contribution < 1.29 is 17.8 Å². The molecule has 2 heterocycles. The Kier molecular flexibility index (Phi) is 5.59. The fraction of sp³-hybridized carbons (Fsp3) is 0.500. The molecule has 0 saturated carbocycles. The molecule has 0 atom stereocenters. The summed E-state index contributed by atoms with van der Waals surface area (Å²) in [5, 5.41) is 1.10. The van der Waals surface area contributed by atoms with E-state index >= 15 is 0 Å². The Morgan fingerprint density at radius 1 is 1.50 bits per heavy atom. The summed E-state index contributed by atoms with van der Waals surface area (Å²) in [4.78, 5) is 16.2. The van der Waals surface area contributed by atoms with Crippen molar-refractivity contribution in [3.8, 4) is 0 Å². The van der Waals surface area contributed by atoms with E-state index in [-0.39, 0.29) is 12.5 Å². The number of carbonyl (C=O) groups is 1. The minimum absolute atomic E-state index is 0.133. The van der Waals surface area contributed by atoms with Crippen LogP contribution in [0.2, 0.25) is 0 Å². The molecule has 0 aromatic carbocycles. The first kappa shape index (κ1) is 17.8. The predicted molar refractivity (Wildman–Crippen MR) is 94.2 cm³/mol. The fourth-order valence-electron chi connectivity index (χ4n) is 1.95. The number of amides is 1. The van der Waals surface area contributed by atoms with Gasteiger partial charge in [-0.25, -0.2) is 0 Å². The molecule has 2 rings (SSSR count). The summed E-state index contributed by atoms with van der Waals surface area (Å²) >= 11 is 8.02. The predicted octanol–water partition coefficient (Wildman–Crippen LogP) is 1.53. The van der Waals surface area contributed by atoms with Gasteiger partial charge < -0.3 is 4.90 Å². The molecule has 1 amide bonds. The molecule has 2 fully saturated rings. The van der Waals surface area contributed by atoms with Gasteiger partial charge in [-0.15, -0.1) is 11.8 Å². The molecule has 0 bridgehead atoms. The van der Waals surface area contributed by atoms with E-state index in [4.69, 9.17) is 16.8 Å². The summed E-state index contributed by atoms with van der Waals surface area (Å²) in [5.74, 6) is 0.190. The largest absolute Gasteiger partial charge is 0.369 e. The number of thiocarbonyl (C=S) groups is 1. The van der Waals surface area contributed by atoms with Gasteiger partial charge in [0, 0.05) is 25.9 Å². The van der Waals surface area contributed by atoms with E-state index in [1.165, 1.54) is 4.90 Å². The van der Waals surface area contributed by atoms with E-state index < -0.39 is 15.9 Å².